The minimum Gasteiger partial charge on any atom is -0.481 e. The van der Waals surface area contributed by atoms with Crippen molar-refractivity contribution in [3.05, 3.63) is 47.5 Å². The fourth-order valence-corrected chi connectivity index (χ4v) is 6.91. The number of hydrogen-bond donors (Lipinski definition) is 2. The van der Waals surface area contributed by atoms with Crippen LogP contribution in [0.3, 0.4) is 0 Å². The van der Waals surface area contributed by atoms with E-state index in [4.69, 9.17) is 24.1 Å². The molecule has 17 heteroatoms. The van der Waals surface area contributed by atoms with Gasteiger partial charge in [-0.2, -0.15) is 16.8 Å². The fourth-order valence-electron chi connectivity index (χ4n) is 5.91. The minimum atomic E-state index is -4.49. The summed E-state index contributed by atoms with van der Waals surface area (Å²) in [4.78, 5) is 51.6. The SMILES string of the molecule is CCCN(CCCS(=O)(=O)O)c1ccc2c(c1)OC1C/C(=N/CCCCCC(=O)ON3C(=O)CCC3=O)c3cc(S(=O)(=O)O)ccc3C1=N2. The molecular formula is C32H38N4O11S2. The Bertz CT molecular complexity index is 1890. The van der Waals surface area contributed by atoms with Gasteiger partial charge in [0.2, 0.25) is 0 Å². The van der Waals surface area contributed by atoms with Gasteiger partial charge in [-0.05, 0) is 49.9 Å². The average molecular weight is 719 g/mol. The number of fused-ring (bicyclic) bond motifs is 4. The van der Waals surface area contributed by atoms with Crippen molar-refractivity contribution in [3.63, 3.8) is 0 Å². The second-order valence-electron chi connectivity index (χ2n) is 12.0. The van der Waals surface area contributed by atoms with Gasteiger partial charge < -0.3 is 14.5 Å². The zero-order valence-corrected chi connectivity index (χ0v) is 28.5. The second kappa shape index (κ2) is 15.1. The maximum Gasteiger partial charge on any atom is 0.333 e. The highest BCUT2D eigenvalue weighted by Gasteiger charge is 2.36. The highest BCUT2D eigenvalue weighted by molar-refractivity contribution is 7.86. The van der Waals surface area contributed by atoms with Gasteiger partial charge in [-0.3, -0.25) is 23.7 Å². The van der Waals surface area contributed by atoms with E-state index in [1.165, 1.54) is 12.1 Å². The monoisotopic (exact) mass is 718 g/mol. The average Bonchev–Trinajstić information content (AvgIpc) is 3.35. The highest BCUT2D eigenvalue weighted by Crippen LogP contribution is 2.40. The van der Waals surface area contributed by atoms with Crippen LogP contribution in [0.15, 0.2) is 51.3 Å². The minimum absolute atomic E-state index is 0.0154. The standard InChI is InChI=1S/C32H38N4O11S2/c1-2-15-35(16-6-17-48(40,41)42)21-8-11-25-27(18-21)46-28-20-26(24-19-22(49(43,44)45)9-10-23(24)32(28)34-25)33-14-5-3-4-7-31(39)47-36-29(37)12-13-30(36)38/h8-11,18-19,28H,2-7,12-17,20H2,1H3,(H,40,41,42)(H,43,44,45)/b33-26-. The van der Waals surface area contributed by atoms with E-state index in [1.54, 1.807) is 12.1 Å². The Morgan fingerprint density at radius 1 is 1.00 bits per heavy atom. The zero-order valence-electron chi connectivity index (χ0n) is 26.9. The molecule has 1 atom stereocenters. The van der Waals surface area contributed by atoms with Crippen molar-refractivity contribution < 1.29 is 49.9 Å². The van der Waals surface area contributed by atoms with Gasteiger partial charge in [0.05, 0.1) is 16.4 Å². The Balaban J connectivity index is 1.30. The first-order valence-corrected chi connectivity index (χ1v) is 19.1. The van der Waals surface area contributed by atoms with E-state index in [9.17, 15) is 35.8 Å². The van der Waals surface area contributed by atoms with Crippen LogP contribution in [-0.4, -0.2) is 91.7 Å². The lowest BCUT2D eigenvalue weighted by molar-refractivity contribution is -0.197. The number of carbonyl (C=O) groups is 3. The fraction of sp³-hybridized carbons (Fsp3) is 0.469. The van der Waals surface area contributed by atoms with Gasteiger partial charge in [-0.1, -0.05) is 19.4 Å². The Hall–Kier alpha value is -4.19. The molecule has 0 spiro atoms. The quantitative estimate of drug-likeness (QED) is 0.154. The molecule has 3 aliphatic rings. The number of benzene rings is 2. The van der Waals surface area contributed by atoms with Gasteiger partial charge in [0.25, 0.3) is 32.1 Å². The maximum absolute atomic E-state index is 12.1. The predicted molar refractivity (Wildman–Crippen MR) is 179 cm³/mol. The number of imide groups is 1. The van der Waals surface area contributed by atoms with E-state index in [1.807, 2.05) is 24.0 Å². The summed E-state index contributed by atoms with van der Waals surface area (Å²) in [5, 5.41) is 0.523. The summed E-state index contributed by atoms with van der Waals surface area (Å²) in [5.41, 5.74) is 3.64. The Kier molecular flexibility index (Phi) is 11.2. The molecule has 1 aliphatic carbocycles. The van der Waals surface area contributed by atoms with E-state index in [0.29, 0.717) is 77.9 Å². The summed E-state index contributed by atoms with van der Waals surface area (Å²) in [6, 6.07) is 9.74. The van der Waals surface area contributed by atoms with Crippen LogP contribution in [0.5, 0.6) is 5.75 Å². The molecule has 2 aromatic carbocycles. The number of carbonyl (C=O) groups excluding carboxylic acids is 3. The topological polar surface area (TPSA) is 210 Å². The molecule has 1 unspecified atom stereocenters. The molecule has 15 nitrogen and oxygen atoms in total. The van der Waals surface area contributed by atoms with Crippen LogP contribution in [0.4, 0.5) is 11.4 Å². The summed E-state index contributed by atoms with van der Waals surface area (Å²) in [7, 11) is -8.57. The lowest BCUT2D eigenvalue weighted by Gasteiger charge is -2.33. The normalized spacial score (nSPS) is 18.0. The van der Waals surface area contributed by atoms with Gasteiger partial charge in [0, 0.05) is 73.9 Å². The predicted octanol–water partition coefficient (Wildman–Crippen LogP) is 3.67. The van der Waals surface area contributed by atoms with Crippen molar-refractivity contribution in [2.75, 3.05) is 30.3 Å². The molecule has 0 saturated carbocycles. The van der Waals surface area contributed by atoms with E-state index in [0.717, 1.165) is 12.1 Å². The van der Waals surface area contributed by atoms with Crippen LogP contribution in [0.25, 0.3) is 0 Å². The molecule has 264 valence electrons. The van der Waals surface area contributed by atoms with Crippen molar-refractivity contribution in [2.24, 2.45) is 9.98 Å². The van der Waals surface area contributed by atoms with Crippen molar-refractivity contribution in [1.29, 1.82) is 0 Å². The van der Waals surface area contributed by atoms with E-state index < -0.39 is 44.1 Å². The van der Waals surface area contributed by atoms with Crippen molar-refractivity contribution >= 4 is 60.8 Å². The largest absolute Gasteiger partial charge is 0.481 e. The van der Waals surface area contributed by atoms with E-state index in [-0.39, 0.29) is 42.8 Å². The molecule has 49 heavy (non-hydrogen) atoms. The van der Waals surface area contributed by atoms with Crippen LogP contribution in [0.1, 0.15) is 75.8 Å². The number of unbranched alkanes of at least 4 members (excludes halogenated alkanes) is 2. The molecule has 0 bridgehead atoms. The number of anilines is 1. The van der Waals surface area contributed by atoms with Crippen LogP contribution in [0.2, 0.25) is 0 Å². The summed E-state index contributed by atoms with van der Waals surface area (Å²) in [6.45, 7) is 3.41. The number of amides is 2. The van der Waals surface area contributed by atoms with Crippen LogP contribution < -0.4 is 9.64 Å². The van der Waals surface area contributed by atoms with Gasteiger partial charge in [-0.15, -0.1) is 5.06 Å². The summed E-state index contributed by atoms with van der Waals surface area (Å²) >= 11 is 0. The van der Waals surface area contributed by atoms with E-state index in [2.05, 4.69) is 0 Å². The molecule has 2 heterocycles. The Labute approximate surface area is 284 Å². The van der Waals surface area contributed by atoms with Crippen molar-refractivity contribution in [1.82, 2.24) is 5.06 Å². The number of rotatable bonds is 15. The van der Waals surface area contributed by atoms with Gasteiger partial charge >= 0.3 is 5.97 Å². The lowest BCUT2D eigenvalue weighted by atomic mass is 9.85. The van der Waals surface area contributed by atoms with Gasteiger partial charge in [0.1, 0.15) is 17.5 Å². The van der Waals surface area contributed by atoms with Crippen LogP contribution in [0, 0.1) is 0 Å². The van der Waals surface area contributed by atoms with Gasteiger partial charge in [-0.25, -0.2) is 9.79 Å². The smallest absolute Gasteiger partial charge is 0.333 e. The first-order valence-electron chi connectivity index (χ1n) is 16.0. The third kappa shape index (κ3) is 9.09. The molecule has 0 aromatic heterocycles. The van der Waals surface area contributed by atoms with E-state index >= 15 is 0 Å². The van der Waals surface area contributed by atoms with Crippen molar-refractivity contribution in [2.45, 2.75) is 75.7 Å². The summed E-state index contributed by atoms with van der Waals surface area (Å²) in [6.07, 6.45) is 2.44. The van der Waals surface area contributed by atoms with Crippen LogP contribution in [-0.2, 0) is 39.5 Å². The molecule has 1 saturated heterocycles. The highest BCUT2D eigenvalue weighted by atomic mass is 32.2. The first kappa shape index (κ1) is 36.1. The molecule has 2 amide bonds. The first-order chi connectivity index (χ1) is 23.2. The Morgan fingerprint density at radius 3 is 2.45 bits per heavy atom. The number of ether oxygens (including phenoxy) is 1. The number of hydroxylamine groups is 2. The molecular weight excluding hydrogens is 681 g/mol. The molecule has 5 rings (SSSR count). The number of hydrogen-bond acceptors (Lipinski definition) is 12. The molecule has 0 radical (unpaired) electrons. The number of aliphatic imine (C=N–C) groups is 2. The zero-order chi connectivity index (χ0) is 35.3. The summed E-state index contributed by atoms with van der Waals surface area (Å²) in [5.74, 6) is -1.57. The lowest BCUT2D eigenvalue weighted by Crippen LogP contribution is -2.38. The number of nitrogens with zero attached hydrogens (tertiary/aromatic N) is 4. The van der Waals surface area contributed by atoms with Crippen molar-refractivity contribution in [3.8, 4) is 5.75 Å². The maximum atomic E-state index is 12.1. The molecule has 2 N–H and O–H groups in total. The third-order valence-corrected chi connectivity index (χ3v) is 9.90. The summed E-state index contributed by atoms with van der Waals surface area (Å²) < 4.78 is 71.8. The van der Waals surface area contributed by atoms with Gasteiger partial charge in [0.15, 0.2) is 0 Å². The second-order valence-corrected chi connectivity index (χ2v) is 14.9. The Morgan fingerprint density at radius 2 is 1.76 bits per heavy atom. The molecule has 1 fully saturated rings. The molecule has 2 aliphatic heterocycles. The van der Waals surface area contributed by atoms with Crippen LogP contribution >= 0.6 is 0 Å². The third-order valence-electron chi connectivity index (χ3n) is 8.24. The molecule has 2 aromatic rings.